The Bertz CT molecular complexity index is 590. The first kappa shape index (κ1) is 20.6. The van der Waals surface area contributed by atoms with Crippen LogP contribution in [-0.4, -0.2) is 47.5 Å². The van der Waals surface area contributed by atoms with Gasteiger partial charge in [0.1, 0.15) is 22.6 Å². The van der Waals surface area contributed by atoms with Crippen molar-refractivity contribution in [2.45, 2.75) is 26.7 Å². The summed E-state index contributed by atoms with van der Waals surface area (Å²) in [4.78, 5) is 24.7. The van der Waals surface area contributed by atoms with Gasteiger partial charge in [0.15, 0.2) is 5.75 Å². The van der Waals surface area contributed by atoms with Crippen molar-refractivity contribution in [3.63, 3.8) is 0 Å². The van der Waals surface area contributed by atoms with E-state index in [2.05, 4.69) is 13.8 Å². The molecule has 1 rings (SSSR count). The van der Waals surface area contributed by atoms with Crippen LogP contribution in [0.2, 0.25) is 0 Å². The van der Waals surface area contributed by atoms with E-state index >= 15 is 0 Å². The summed E-state index contributed by atoms with van der Waals surface area (Å²) in [6.45, 7) is 4.15. The van der Waals surface area contributed by atoms with Crippen molar-refractivity contribution in [3.05, 3.63) is 16.7 Å². The minimum Gasteiger partial charge on any atom is -0.495 e. The van der Waals surface area contributed by atoms with Crippen LogP contribution in [0.15, 0.2) is 0 Å². The maximum absolute atomic E-state index is 12.4. The van der Waals surface area contributed by atoms with Crippen LogP contribution in [0, 0.1) is 5.92 Å². The van der Waals surface area contributed by atoms with Gasteiger partial charge in [0, 0.05) is 5.56 Å². The smallest absolute Gasteiger partial charge is 0.345 e. The lowest BCUT2D eigenvalue weighted by Crippen LogP contribution is -2.16. The molecular formula is C18H26O7. The Morgan fingerprint density at radius 3 is 1.44 bits per heavy atom. The molecule has 0 spiro atoms. The molecular weight excluding hydrogens is 328 g/mol. The summed E-state index contributed by atoms with van der Waals surface area (Å²) in [6.07, 6.45) is 1.35. The summed E-state index contributed by atoms with van der Waals surface area (Å²) < 4.78 is 26.0. The Hall–Kier alpha value is -2.44. The summed E-state index contributed by atoms with van der Waals surface area (Å²) in [5, 5.41) is 0. The number of rotatable bonds is 8. The van der Waals surface area contributed by atoms with Crippen molar-refractivity contribution in [3.8, 4) is 17.2 Å². The van der Waals surface area contributed by atoms with E-state index in [1.165, 1.54) is 35.5 Å². The number of methoxy groups -OCH3 is 5. The van der Waals surface area contributed by atoms with Gasteiger partial charge < -0.3 is 23.7 Å². The quantitative estimate of drug-likeness (QED) is 0.664. The number of hydrogen-bond acceptors (Lipinski definition) is 7. The standard InChI is InChI=1S/C18H26O7/c1-10(2)8-9-11-14(21-3)12(17(19)24-6)16(23-5)13(15(11)22-4)18(20)25-7/h10H,8-9H2,1-7H3. The van der Waals surface area contributed by atoms with Crippen LogP contribution in [0.4, 0.5) is 0 Å². The van der Waals surface area contributed by atoms with Crippen molar-refractivity contribution in [2.24, 2.45) is 5.92 Å². The fraction of sp³-hybridized carbons (Fsp3) is 0.556. The predicted molar refractivity (Wildman–Crippen MR) is 91.9 cm³/mol. The molecule has 7 heteroatoms. The molecule has 0 fully saturated rings. The summed E-state index contributed by atoms with van der Waals surface area (Å²) in [7, 11) is 6.73. The molecule has 140 valence electrons. The van der Waals surface area contributed by atoms with E-state index in [-0.39, 0.29) is 28.4 Å². The largest absolute Gasteiger partial charge is 0.495 e. The van der Waals surface area contributed by atoms with Gasteiger partial charge in [-0.05, 0) is 18.8 Å². The second-order valence-electron chi connectivity index (χ2n) is 5.74. The predicted octanol–water partition coefficient (Wildman–Crippen LogP) is 2.87. The third-order valence-corrected chi connectivity index (χ3v) is 3.82. The van der Waals surface area contributed by atoms with Crippen LogP contribution in [0.1, 0.15) is 46.5 Å². The van der Waals surface area contributed by atoms with Gasteiger partial charge in [-0.1, -0.05) is 13.8 Å². The van der Waals surface area contributed by atoms with Gasteiger partial charge in [-0.3, -0.25) is 0 Å². The lowest BCUT2D eigenvalue weighted by Gasteiger charge is -2.22. The monoisotopic (exact) mass is 354 g/mol. The number of esters is 2. The highest BCUT2D eigenvalue weighted by atomic mass is 16.5. The van der Waals surface area contributed by atoms with E-state index in [1.54, 1.807) is 0 Å². The molecule has 0 amide bonds. The minimum absolute atomic E-state index is 0.000645. The first-order chi connectivity index (χ1) is 11.9. The van der Waals surface area contributed by atoms with E-state index in [0.29, 0.717) is 17.9 Å². The Balaban J connectivity index is 3.90. The highest BCUT2D eigenvalue weighted by molar-refractivity contribution is 6.05. The molecule has 0 aliphatic carbocycles. The number of ether oxygens (including phenoxy) is 5. The number of carbonyl (C=O) groups is 2. The van der Waals surface area contributed by atoms with E-state index in [9.17, 15) is 9.59 Å². The molecule has 25 heavy (non-hydrogen) atoms. The Labute approximate surface area is 148 Å². The molecule has 0 N–H and O–H groups in total. The summed E-state index contributed by atoms with van der Waals surface area (Å²) in [5.74, 6) is -0.400. The molecule has 0 aromatic heterocycles. The summed E-state index contributed by atoms with van der Waals surface area (Å²) in [5.41, 5.74) is 0.667. The third kappa shape index (κ3) is 4.15. The van der Waals surface area contributed by atoms with Gasteiger partial charge in [0.05, 0.1) is 35.5 Å². The van der Waals surface area contributed by atoms with Crippen LogP contribution in [0.5, 0.6) is 17.2 Å². The molecule has 0 saturated heterocycles. The minimum atomic E-state index is -0.674. The van der Waals surface area contributed by atoms with E-state index < -0.39 is 11.9 Å². The molecule has 7 nitrogen and oxygen atoms in total. The Morgan fingerprint density at radius 1 is 0.760 bits per heavy atom. The van der Waals surface area contributed by atoms with Gasteiger partial charge in [0.25, 0.3) is 0 Å². The zero-order chi connectivity index (χ0) is 19.1. The zero-order valence-corrected chi connectivity index (χ0v) is 15.8. The fourth-order valence-corrected chi connectivity index (χ4v) is 2.63. The molecule has 0 aliphatic rings. The molecule has 0 saturated carbocycles. The van der Waals surface area contributed by atoms with Gasteiger partial charge in [-0.15, -0.1) is 0 Å². The highest BCUT2D eigenvalue weighted by Gasteiger charge is 2.34. The maximum atomic E-state index is 12.4. The Kier molecular flexibility index (Phi) is 7.54. The normalized spacial score (nSPS) is 10.4. The van der Waals surface area contributed by atoms with Crippen LogP contribution in [0.3, 0.4) is 0 Å². The first-order valence-electron chi connectivity index (χ1n) is 7.89. The van der Waals surface area contributed by atoms with Crippen LogP contribution in [-0.2, 0) is 15.9 Å². The van der Waals surface area contributed by atoms with E-state index in [1.807, 2.05) is 0 Å². The molecule has 0 aliphatic heterocycles. The average Bonchev–Trinajstić information content (AvgIpc) is 2.62. The SMILES string of the molecule is COC(=O)c1c(OC)c(CCC(C)C)c(OC)c(C(=O)OC)c1OC. The van der Waals surface area contributed by atoms with E-state index in [0.717, 1.165) is 6.42 Å². The fourth-order valence-electron chi connectivity index (χ4n) is 2.63. The summed E-state index contributed by atoms with van der Waals surface area (Å²) >= 11 is 0. The lowest BCUT2D eigenvalue weighted by molar-refractivity contribution is 0.0586. The van der Waals surface area contributed by atoms with E-state index in [4.69, 9.17) is 23.7 Å². The summed E-state index contributed by atoms with van der Waals surface area (Å²) in [6, 6.07) is 0. The molecule has 0 radical (unpaired) electrons. The molecule has 0 heterocycles. The Morgan fingerprint density at radius 2 is 1.16 bits per heavy atom. The van der Waals surface area contributed by atoms with Crippen LogP contribution < -0.4 is 14.2 Å². The maximum Gasteiger partial charge on any atom is 0.345 e. The van der Waals surface area contributed by atoms with Crippen molar-refractivity contribution in [2.75, 3.05) is 35.5 Å². The van der Waals surface area contributed by atoms with Gasteiger partial charge in [-0.25, -0.2) is 9.59 Å². The van der Waals surface area contributed by atoms with Gasteiger partial charge in [0.2, 0.25) is 0 Å². The number of hydrogen-bond donors (Lipinski definition) is 0. The van der Waals surface area contributed by atoms with Crippen molar-refractivity contribution < 1.29 is 33.3 Å². The average molecular weight is 354 g/mol. The van der Waals surface area contributed by atoms with Gasteiger partial charge >= 0.3 is 11.9 Å². The van der Waals surface area contributed by atoms with Crippen molar-refractivity contribution >= 4 is 11.9 Å². The third-order valence-electron chi connectivity index (χ3n) is 3.82. The molecule has 1 aromatic rings. The first-order valence-corrected chi connectivity index (χ1v) is 7.89. The lowest BCUT2D eigenvalue weighted by atomic mass is 9.94. The zero-order valence-electron chi connectivity index (χ0n) is 15.8. The van der Waals surface area contributed by atoms with Gasteiger partial charge in [-0.2, -0.15) is 0 Å². The van der Waals surface area contributed by atoms with Crippen molar-refractivity contribution in [1.82, 2.24) is 0 Å². The van der Waals surface area contributed by atoms with Crippen LogP contribution >= 0.6 is 0 Å². The molecule has 1 aromatic carbocycles. The van der Waals surface area contributed by atoms with Crippen molar-refractivity contribution in [1.29, 1.82) is 0 Å². The number of benzene rings is 1. The molecule has 0 atom stereocenters. The molecule has 0 bridgehead atoms. The number of carbonyl (C=O) groups excluding carboxylic acids is 2. The topological polar surface area (TPSA) is 80.3 Å². The molecule has 0 unspecified atom stereocenters. The highest BCUT2D eigenvalue weighted by Crippen LogP contribution is 2.45. The second kappa shape index (κ2) is 9.15. The second-order valence-corrected chi connectivity index (χ2v) is 5.74. The van der Waals surface area contributed by atoms with Crippen LogP contribution in [0.25, 0.3) is 0 Å².